The van der Waals surface area contributed by atoms with Crippen molar-refractivity contribution in [2.45, 2.75) is 96.9 Å². The molecule has 2 N–H and O–H groups in total. The van der Waals surface area contributed by atoms with Crippen molar-refractivity contribution < 1.29 is 48.3 Å². The fourth-order valence-electron chi connectivity index (χ4n) is 8.20. The fourth-order valence-corrected chi connectivity index (χ4v) is 8.20. The number of ether oxygens (including phenoxy) is 4. The van der Waals surface area contributed by atoms with Crippen LogP contribution in [0.5, 0.6) is 0 Å². The van der Waals surface area contributed by atoms with Gasteiger partial charge in [-0.3, -0.25) is 14.4 Å². The minimum atomic E-state index is -2.00. The highest BCUT2D eigenvalue weighted by Gasteiger charge is 2.77. The van der Waals surface area contributed by atoms with E-state index in [4.69, 9.17) is 18.9 Å². The molecule has 10 heteroatoms. The van der Waals surface area contributed by atoms with E-state index in [1.807, 2.05) is 6.92 Å². The van der Waals surface area contributed by atoms with Crippen molar-refractivity contribution in [1.29, 1.82) is 0 Å². The van der Waals surface area contributed by atoms with Gasteiger partial charge >= 0.3 is 17.9 Å². The van der Waals surface area contributed by atoms with Crippen LogP contribution < -0.4 is 0 Å². The Balaban J connectivity index is 1.84. The Morgan fingerprint density at radius 2 is 1.67 bits per heavy atom. The molecule has 1 heterocycles. The largest absolute Gasteiger partial charge is 0.455 e. The summed E-state index contributed by atoms with van der Waals surface area (Å²) in [6, 6.07) is 8.26. The second-order valence-corrected chi connectivity index (χ2v) is 13.2. The zero-order valence-corrected chi connectivity index (χ0v) is 25.1. The van der Waals surface area contributed by atoms with Gasteiger partial charge in [0, 0.05) is 31.1 Å². The number of benzene rings is 1. The van der Waals surface area contributed by atoms with E-state index < -0.39 is 82.0 Å². The minimum absolute atomic E-state index is 0.0874. The van der Waals surface area contributed by atoms with E-state index in [9.17, 15) is 29.4 Å². The molecule has 3 fully saturated rings. The molecule has 228 valence electrons. The van der Waals surface area contributed by atoms with E-state index in [2.05, 4.69) is 0 Å². The SMILES string of the molecule is CC(=O)O[C@H]1C(=O)[C@@]2(C)C([C@H](OC(=O)c3ccccc3)[C@]3(O)C[C@H](O)C(C)=C1C3(C)C)[C@]1(OC(C)=O)COC1C[C@@H]2C. The second kappa shape index (κ2) is 9.99. The number of hydrogen-bond acceptors (Lipinski definition) is 10. The molecule has 10 nitrogen and oxygen atoms in total. The van der Waals surface area contributed by atoms with Crippen molar-refractivity contribution in [2.75, 3.05) is 6.61 Å². The molecular formula is C32H40O10. The van der Waals surface area contributed by atoms with Crippen LogP contribution >= 0.6 is 0 Å². The summed E-state index contributed by atoms with van der Waals surface area (Å²) in [5.74, 6) is -4.10. The predicted molar refractivity (Wildman–Crippen MR) is 148 cm³/mol. The molecule has 1 aliphatic heterocycles. The Hall–Kier alpha value is -3.08. The van der Waals surface area contributed by atoms with E-state index in [0.29, 0.717) is 12.0 Å². The molecule has 1 aromatic carbocycles. The van der Waals surface area contributed by atoms with Crippen LogP contribution in [0, 0.1) is 22.7 Å². The van der Waals surface area contributed by atoms with Gasteiger partial charge < -0.3 is 29.2 Å². The van der Waals surface area contributed by atoms with Gasteiger partial charge in [0.2, 0.25) is 0 Å². The van der Waals surface area contributed by atoms with Gasteiger partial charge in [0.05, 0.1) is 24.2 Å². The summed E-state index contributed by atoms with van der Waals surface area (Å²) in [6.45, 7) is 10.9. The van der Waals surface area contributed by atoms with Crippen molar-refractivity contribution in [3.8, 4) is 0 Å². The molecule has 0 spiro atoms. The summed E-state index contributed by atoms with van der Waals surface area (Å²) in [6.07, 6.45) is -4.67. The number of Topliss-reactive ketones (excluding diaryl/α,β-unsaturated/α-hetero) is 1. The Kier molecular flexibility index (Phi) is 7.23. The van der Waals surface area contributed by atoms with Crippen molar-refractivity contribution >= 4 is 23.7 Å². The summed E-state index contributed by atoms with van der Waals surface area (Å²) >= 11 is 0. The zero-order valence-electron chi connectivity index (χ0n) is 25.1. The van der Waals surface area contributed by atoms with Crippen LogP contribution in [0.2, 0.25) is 0 Å². The smallest absolute Gasteiger partial charge is 0.338 e. The topological polar surface area (TPSA) is 146 Å². The molecule has 1 aromatic rings. The lowest BCUT2D eigenvalue weighted by Gasteiger charge is -2.68. The standard InChI is InChI=1S/C32H40O10/c1-16-13-22-31(15-39-22,42-19(4)34)25-27(41-28(37)20-11-9-8-10-12-20)32(38)14-21(35)17(2)23(29(32,5)6)24(40-18(3)33)26(36)30(16,25)7/h8-12,16,21-22,24-25,27,35,38H,13-15H2,1-7H3/t16-,21-,22?,24+,25?,27-,30+,31-,32+/m0/s1. The van der Waals surface area contributed by atoms with Crippen molar-refractivity contribution in [2.24, 2.45) is 22.7 Å². The molecule has 9 atom stereocenters. The third-order valence-corrected chi connectivity index (χ3v) is 10.7. The Morgan fingerprint density at radius 3 is 2.21 bits per heavy atom. The van der Waals surface area contributed by atoms with Crippen LogP contribution in [0.3, 0.4) is 0 Å². The number of carbonyl (C=O) groups is 4. The monoisotopic (exact) mass is 584 g/mol. The van der Waals surface area contributed by atoms with Gasteiger partial charge in [-0.1, -0.05) is 45.9 Å². The minimum Gasteiger partial charge on any atom is -0.455 e. The lowest BCUT2D eigenvalue weighted by Crippen LogP contribution is -2.80. The maximum Gasteiger partial charge on any atom is 0.338 e. The van der Waals surface area contributed by atoms with E-state index in [1.54, 1.807) is 58.0 Å². The molecule has 4 aliphatic rings. The molecule has 0 aromatic heterocycles. The number of aliphatic hydroxyl groups is 2. The number of aliphatic hydroxyl groups excluding tert-OH is 1. The van der Waals surface area contributed by atoms with Gasteiger partial charge in [0.25, 0.3) is 0 Å². The number of carbonyl (C=O) groups excluding carboxylic acids is 4. The molecular weight excluding hydrogens is 544 g/mol. The Bertz CT molecular complexity index is 1350. The second-order valence-electron chi connectivity index (χ2n) is 13.2. The number of fused-ring (bicyclic) bond motifs is 5. The molecule has 0 radical (unpaired) electrons. The highest BCUT2D eigenvalue weighted by atomic mass is 16.6. The van der Waals surface area contributed by atoms with E-state index in [-0.39, 0.29) is 24.2 Å². The molecule has 3 aliphatic carbocycles. The zero-order chi connectivity index (χ0) is 31.0. The molecule has 0 amide bonds. The van der Waals surface area contributed by atoms with Crippen molar-refractivity contribution in [3.05, 3.63) is 47.0 Å². The maximum atomic E-state index is 15.0. The predicted octanol–water partition coefficient (Wildman–Crippen LogP) is 2.93. The molecule has 1 saturated heterocycles. The first-order valence-electron chi connectivity index (χ1n) is 14.4. The van der Waals surface area contributed by atoms with Crippen LogP contribution in [-0.4, -0.2) is 76.1 Å². The summed E-state index contributed by atoms with van der Waals surface area (Å²) in [5, 5.41) is 24.3. The van der Waals surface area contributed by atoms with Gasteiger partial charge in [-0.25, -0.2) is 4.79 Å². The van der Waals surface area contributed by atoms with Gasteiger partial charge in [0.15, 0.2) is 17.5 Å². The Labute approximate surface area is 245 Å². The lowest BCUT2D eigenvalue weighted by molar-refractivity contribution is -0.340. The average molecular weight is 585 g/mol. The summed E-state index contributed by atoms with van der Waals surface area (Å²) in [5.41, 5.74) is -5.32. The summed E-state index contributed by atoms with van der Waals surface area (Å²) < 4.78 is 24.0. The first kappa shape index (κ1) is 30.4. The van der Waals surface area contributed by atoms with Crippen LogP contribution in [0.1, 0.15) is 71.7 Å². The number of rotatable bonds is 4. The molecule has 5 rings (SSSR count). The van der Waals surface area contributed by atoms with Gasteiger partial charge in [-0.05, 0) is 42.5 Å². The number of hydrogen-bond donors (Lipinski definition) is 2. The first-order chi connectivity index (χ1) is 19.5. The average Bonchev–Trinajstić information content (AvgIpc) is 2.90. The third kappa shape index (κ3) is 4.09. The van der Waals surface area contributed by atoms with Crippen LogP contribution in [0.25, 0.3) is 0 Å². The Morgan fingerprint density at radius 1 is 1.02 bits per heavy atom. The van der Waals surface area contributed by atoms with Crippen LogP contribution in [0.4, 0.5) is 0 Å². The summed E-state index contributed by atoms with van der Waals surface area (Å²) in [4.78, 5) is 53.8. The highest BCUT2D eigenvalue weighted by Crippen LogP contribution is 2.65. The van der Waals surface area contributed by atoms with E-state index in [0.717, 1.165) is 0 Å². The van der Waals surface area contributed by atoms with Gasteiger partial charge in [-0.15, -0.1) is 0 Å². The van der Waals surface area contributed by atoms with Crippen LogP contribution in [-0.2, 0) is 33.3 Å². The first-order valence-corrected chi connectivity index (χ1v) is 14.4. The third-order valence-electron chi connectivity index (χ3n) is 10.7. The fraction of sp³-hybridized carbons (Fsp3) is 0.625. The number of esters is 3. The highest BCUT2D eigenvalue weighted by molar-refractivity contribution is 5.95. The normalized spacial score (nSPS) is 40.4. The molecule has 2 saturated carbocycles. The number of ketones is 1. The van der Waals surface area contributed by atoms with Crippen molar-refractivity contribution in [1.82, 2.24) is 0 Å². The van der Waals surface area contributed by atoms with E-state index in [1.165, 1.54) is 13.8 Å². The summed E-state index contributed by atoms with van der Waals surface area (Å²) in [7, 11) is 0. The van der Waals surface area contributed by atoms with Gasteiger partial charge in [0.1, 0.15) is 17.8 Å². The lowest BCUT2D eigenvalue weighted by atomic mass is 9.43. The maximum absolute atomic E-state index is 15.0. The van der Waals surface area contributed by atoms with Crippen LogP contribution in [0.15, 0.2) is 41.5 Å². The quantitative estimate of drug-likeness (QED) is 0.308. The van der Waals surface area contributed by atoms with Crippen molar-refractivity contribution in [3.63, 3.8) is 0 Å². The van der Waals surface area contributed by atoms with E-state index >= 15 is 0 Å². The molecule has 2 bridgehead atoms. The molecule has 42 heavy (non-hydrogen) atoms. The molecule has 2 unspecified atom stereocenters. The van der Waals surface area contributed by atoms with Gasteiger partial charge in [-0.2, -0.15) is 0 Å².